The summed E-state index contributed by atoms with van der Waals surface area (Å²) in [6.07, 6.45) is 2.27. The van der Waals surface area contributed by atoms with Gasteiger partial charge in [-0.15, -0.1) is 0 Å². The van der Waals surface area contributed by atoms with Crippen LogP contribution in [0, 0.1) is 0 Å². The molecule has 1 N–H and O–H groups in total. The second-order valence-corrected chi connectivity index (χ2v) is 7.95. The molecule has 0 aliphatic carbocycles. The van der Waals surface area contributed by atoms with Crippen molar-refractivity contribution in [3.05, 3.63) is 71.5 Å². The number of furan rings is 1. The third kappa shape index (κ3) is 5.87. The molecule has 0 bridgehead atoms. The summed E-state index contributed by atoms with van der Waals surface area (Å²) in [6, 6.07) is 18.7. The van der Waals surface area contributed by atoms with Crippen LogP contribution in [-0.2, 0) is 29.2 Å². The minimum absolute atomic E-state index is 0.307. The summed E-state index contributed by atoms with van der Waals surface area (Å²) < 4.78 is 17.4. The zero-order chi connectivity index (χ0) is 21.5. The minimum atomic E-state index is 0.307. The van der Waals surface area contributed by atoms with Crippen molar-refractivity contribution in [2.45, 2.75) is 38.6 Å². The molecule has 2 heterocycles. The van der Waals surface area contributed by atoms with Gasteiger partial charge < -0.3 is 24.1 Å². The standard InChI is InChI=1S/C25H31N3O3/c1-26-25(28(2)17-23-15-21-8-3-4-9-24(21)31-23)27-16-19-6-5-7-20(14-19)18-30-22-10-12-29-13-11-22/h3-9,14-15,22H,10-13,16-18H2,1-2H3,(H,26,27). The maximum absolute atomic E-state index is 6.06. The molecule has 0 unspecified atom stereocenters. The van der Waals surface area contributed by atoms with Gasteiger partial charge in [0.1, 0.15) is 11.3 Å². The van der Waals surface area contributed by atoms with E-state index in [0.717, 1.165) is 48.7 Å². The highest BCUT2D eigenvalue weighted by atomic mass is 16.5. The maximum Gasteiger partial charge on any atom is 0.194 e. The van der Waals surface area contributed by atoms with Crippen molar-refractivity contribution < 1.29 is 13.9 Å². The molecule has 1 fully saturated rings. The van der Waals surface area contributed by atoms with Crippen molar-refractivity contribution in [3.63, 3.8) is 0 Å². The molecule has 164 valence electrons. The third-order valence-corrected chi connectivity index (χ3v) is 5.54. The van der Waals surface area contributed by atoms with E-state index in [-0.39, 0.29) is 0 Å². The van der Waals surface area contributed by atoms with Crippen LogP contribution in [0.5, 0.6) is 0 Å². The summed E-state index contributed by atoms with van der Waals surface area (Å²) in [5.41, 5.74) is 3.30. The van der Waals surface area contributed by atoms with Crippen molar-refractivity contribution in [2.75, 3.05) is 27.3 Å². The predicted molar refractivity (Wildman–Crippen MR) is 123 cm³/mol. The van der Waals surface area contributed by atoms with Gasteiger partial charge in [0, 0.05) is 39.2 Å². The third-order valence-electron chi connectivity index (χ3n) is 5.54. The van der Waals surface area contributed by atoms with Crippen molar-refractivity contribution in [1.29, 1.82) is 0 Å². The summed E-state index contributed by atoms with van der Waals surface area (Å²) in [6.45, 7) is 3.58. The second-order valence-electron chi connectivity index (χ2n) is 7.95. The van der Waals surface area contributed by atoms with E-state index in [1.54, 1.807) is 7.05 Å². The van der Waals surface area contributed by atoms with Crippen LogP contribution in [0.3, 0.4) is 0 Å². The van der Waals surface area contributed by atoms with Gasteiger partial charge in [-0.1, -0.05) is 42.5 Å². The molecule has 4 rings (SSSR count). The Morgan fingerprint density at radius 2 is 1.90 bits per heavy atom. The van der Waals surface area contributed by atoms with Gasteiger partial charge in [-0.3, -0.25) is 4.99 Å². The normalized spacial score (nSPS) is 15.4. The number of hydrogen-bond donors (Lipinski definition) is 1. The summed E-state index contributed by atoms with van der Waals surface area (Å²) in [5.74, 6) is 1.74. The number of para-hydroxylation sites is 1. The van der Waals surface area contributed by atoms with Gasteiger partial charge in [-0.25, -0.2) is 0 Å². The number of nitrogens with one attached hydrogen (secondary N) is 1. The van der Waals surface area contributed by atoms with Gasteiger partial charge in [-0.05, 0) is 36.1 Å². The summed E-state index contributed by atoms with van der Waals surface area (Å²) >= 11 is 0. The average Bonchev–Trinajstić information content (AvgIpc) is 3.21. The fraction of sp³-hybridized carbons (Fsp3) is 0.400. The van der Waals surface area contributed by atoms with Crippen molar-refractivity contribution in [2.24, 2.45) is 4.99 Å². The Labute approximate surface area is 183 Å². The quantitative estimate of drug-likeness (QED) is 0.454. The van der Waals surface area contributed by atoms with Gasteiger partial charge in [0.05, 0.1) is 19.3 Å². The topological polar surface area (TPSA) is 59.2 Å². The Morgan fingerprint density at radius 3 is 2.71 bits per heavy atom. The highest BCUT2D eigenvalue weighted by molar-refractivity contribution is 5.80. The smallest absolute Gasteiger partial charge is 0.194 e. The largest absolute Gasteiger partial charge is 0.459 e. The van der Waals surface area contributed by atoms with Gasteiger partial charge in [0.25, 0.3) is 0 Å². The van der Waals surface area contributed by atoms with Crippen LogP contribution in [-0.4, -0.2) is 44.3 Å². The van der Waals surface area contributed by atoms with E-state index in [4.69, 9.17) is 13.9 Å². The molecule has 0 amide bonds. The van der Waals surface area contributed by atoms with E-state index in [2.05, 4.69) is 51.6 Å². The molecule has 0 saturated carbocycles. The van der Waals surface area contributed by atoms with E-state index in [0.29, 0.717) is 25.8 Å². The molecular weight excluding hydrogens is 390 g/mol. The molecule has 1 aliphatic heterocycles. The number of nitrogens with zero attached hydrogens (tertiary/aromatic N) is 2. The molecule has 1 saturated heterocycles. The van der Waals surface area contributed by atoms with Crippen LogP contribution in [0.4, 0.5) is 0 Å². The lowest BCUT2D eigenvalue weighted by molar-refractivity contribution is -0.0390. The summed E-state index contributed by atoms with van der Waals surface area (Å²) in [4.78, 5) is 6.49. The lowest BCUT2D eigenvalue weighted by Crippen LogP contribution is -2.37. The lowest BCUT2D eigenvalue weighted by Gasteiger charge is -2.22. The van der Waals surface area contributed by atoms with Gasteiger partial charge >= 0.3 is 0 Å². The molecule has 3 aromatic rings. The van der Waals surface area contributed by atoms with Crippen LogP contribution in [0.1, 0.15) is 29.7 Å². The molecule has 0 spiro atoms. The monoisotopic (exact) mass is 421 g/mol. The van der Waals surface area contributed by atoms with E-state index in [1.807, 2.05) is 25.2 Å². The molecule has 31 heavy (non-hydrogen) atoms. The number of fused-ring (bicyclic) bond motifs is 1. The Balaban J connectivity index is 1.30. The van der Waals surface area contributed by atoms with E-state index >= 15 is 0 Å². The Kier molecular flexibility index (Phi) is 7.22. The summed E-state index contributed by atoms with van der Waals surface area (Å²) in [5, 5.41) is 4.57. The van der Waals surface area contributed by atoms with Crippen LogP contribution >= 0.6 is 0 Å². The highest BCUT2D eigenvalue weighted by Gasteiger charge is 2.14. The molecule has 6 nitrogen and oxygen atoms in total. The number of guanidine groups is 1. The Hall–Kier alpha value is -2.83. The van der Waals surface area contributed by atoms with E-state index in [9.17, 15) is 0 Å². The molecule has 2 aromatic carbocycles. The fourth-order valence-electron chi connectivity index (χ4n) is 3.88. The number of rotatable bonds is 7. The molecule has 0 atom stereocenters. The van der Waals surface area contributed by atoms with Gasteiger partial charge in [-0.2, -0.15) is 0 Å². The predicted octanol–water partition coefficient (Wildman–Crippen LogP) is 4.34. The van der Waals surface area contributed by atoms with Crippen LogP contribution in [0.15, 0.2) is 64.0 Å². The molecular formula is C25H31N3O3. The Morgan fingerprint density at radius 1 is 1.10 bits per heavy atom. The lowest BCUT2D eigenvalue weighted by atomic mass is 10.1. The molecule has 6 heteroatoms. The van der Waals surface area contributed by atoms with E-state index in [1.165, 1.54) is 11.1 Å². The maximum atomic E-state index is 6.06. The Bertz CT molecular complexity index is 975. The number of ether oxygens (including phenoxy) is 2. The number of aliphatic imine (C=N–C) groups is 1. The van der Waals surface area contributed by atoms with E-state index < -0.39 is 0 Å². The van der Waals surface area contributed by atoms with Crippen LogP contribution in [0.25, 0.3) is 11.0 Å². The zero-order valence-electron chi connectivity index (χ0n) is 18.3. The molecule has 0 radical (unpaired) electrons. The molecule has 1 aliphatic rings. The van der Waals surface area contributed by atoms with Crippen molar-refractivity contribution >= 4 is 16.9 Å². The first kappa shape index (κ1) is 21.4. The number of benzene rings is 2. The SMILES string of the molecule is CN=C(NCc1cccc(COC2CCOCC2)c1)N(C)Cc1cc2ccccc2o1. The van der Waals surface area contributed by atoms with Crippen LogP contribution in [0.2, 0.25) is 0 Å². The average molecular weight is 422 g/mol. The number of hydrogen-bond acceptors (Lipinski definition) is 4. The first-order valence-electron chi connectivity index (χ1n) is 10.9. The first-order chi connectivity index (χ1) is 15.2. The van der Waals surface area contributed by atoms with Gasteiger partial charge in [0.15, 0.2) is 5.96 Å². The zero-order valence-corrected chi connectivity index (χ0v) is 18.3. The fourth-order valence-corrected chi connectivity index (χ4v) is 3.88. The van der Waals surface area contributed by atoms with Gasteiger partial charge in [0.2, 0.25) is 0 Å². The van der Waals surface area contributed by atoms with Crippen molar-refractivity contribution in [3.8, 4) is 0 Å². The molecule has 1 aromatic heterocycles. The summed E-state index contributed by atoms with van der Waals surface area (Å²) in [7, 11) is 3.82. The highest BCUT2D eigenvalue weighted by Crippen LogP contribution is 2.20. The minimum Gasteiger partial charge on any atom is -0.459 e. The first-order valence-corrected chi connectivity index (χ1v) is 10.9. The second kappa shape index (κ2) is 10.5. The van der Waals surface area contributed by atoms with Crippen molar-refractivity contribution in [1.82, 2.24) is 10.2 Å². The van der Waals surface area contributed by atoms with Crippen LogP contribution < -0.4 is 5.32 Å².